The highest BCUT2D eigenvalue weighted by Crippen LogP contribution is 2.20. The minimum Gasteiger partial charge on any atom is -0.478 e. The van der Waals surface area contributed by atoms with Gasteiger partial charge >= 0.3 is 5.97 Å². The lowest BCUT2D eigenvalue weighted by Crippen LogP contribution is -2.42. The summed E-state index contributed by atoms with van der Waals surface area (Å²) in [6.07, 6.45) is 2.96. The van der Waals surface area contributed by atoms with E-state index in [1.807, 2.05) is 0 Å². The fourth-order valence-corrected chi connectivity index (χ4v) is 4.23. The molecule has 1 aliphatic heterocycles. The Morgan fingerprint density at radius 2 is 1.95 bits per heavy atom. The Kier molecular flexibility index (Phi) is 4.96. The molecule has 0 atom stereocenters. The van der Waals surface area contributed by atoms with Crippen LogP contribution in [0.25, 0.3) is 0 Å². The third-order valence-electron chi connectivity index (χ3n) is 3.21. The summed E-state index contributed by atoms with van der Waals surface area (Å²) in [4.78, 5) is 24.3. The average Bonchev–Trinajstić information content (AvgIpc) is 2.97. The molecule has 1 saturated heterocycles. The van der Waals surface area contributed by atoms with Crippen molar-refractivity contribution in [1.29, 1.82) is 0 Å². The van der Waals surface area contributed by atoms with E-state index in [0.717, 1.165) is 36.7 Å². The molecule has 1 fully saturated rings. The predicted molar refractivity (Wildman–Crippen MR) is 76.9 cm³/mol. The number of rotatable bonds is 5. The van der Waals surface area contributed by atoms with Gasteiger partial charge in [-0.15, -0.1) is 11.3 Å². The lowest BCUT2D eigenvalue weighted by atomic mass is 10.1. The van der Waals surface area contributed by atoms with Crippen molar-refractivity contribution in [3.8, 4) is 0 Å². The fraction of sp³-hybridized carbons (Fsp3) is 0.500. The number of carboxylic acids is 1. The molecule has 9 heteroatoms. The molecule has 0 radical (unpaired) electrons. The van der Waals surface area contributed by atoms with Crippen molar-refractivity contribution in [2.24, 2.45) is 0 Å². The lowest BCUT2D eigenvalue weighted by Gasteiger charge is -2.26. The Hall–Kier alpha value is -1.45. The zero-order chi connectivity index (χ0) is 15.5. The van der Waals surface area contributed by atoms with Crippen LogP contribution in [-0.4, -0.2) is 49.9 Å². The summed E-state index contributed by atoms with van der Waals surface area (Å²) in [6.45, 7) is 1.01. The summed E-state index contributed by atoms with van der Waals surface area (Å²) >= 11 is 0.816. The molecular formula is C12H16N2O5S2. The fourth-order valence-electron chi connectivity index (χ4n) is 2.05. The van der Waals surface area contributed by atoms with Crippen LogP contribution >= 0.6 is 11.3 Å². The van der Waals surface area contributed by atoms with Crippen LogP contribution < -0.4 is 4.72 Å². The zero-order valence-electron chi connectivity index (χ0n) is 11.2. The van der Waals surface area contributed by atoms with Gasteiger partial charge in [0.05, 0.1) is 12.1 Å². The molecule has 0 unspecified atom stereocenters. The summed E-state index contributed by atoms with van der Waals surface area (Å²) in [5.74, 6) is -1.44. The second-order valence-electron chi connectivity index (χ2n) is 4.73. The van der Waals surface area contributed by atoms with E-state index in [1.165, 1.54) is 5.38 Å². The number of hydrogen-bond donors (Lipinski definition) is 2. The van der Waals surface area contributed by atoms with Gasteiger partial charge in [-0.25, -0.2) is 17.9 Å². The molecule has 116 valence electrons. The van der Waals surface area contributed by atoms with Gasteiger partial charge in [0.25, 0.3) is 10.0 Å². The predicted octanol–water partition coefficient (Wildman–Crippen LogP) is 0.737. The average molecular weight is 332 g/mol. The number of nitrogens with one attached hydrogen (secondary N) is 1. The Morgan fingerprint density at radius 1 is 1.29 bits per heavy atom. The summed E-state index contributed by atoms with van der Waals surface area (Å²) in [5.41, 5.74) is -0.0808. The maximum atomic E-state index is 12.0. The molecule has 7 nitrogen and oxygen atoms in total. The minimum atomic E-state index is -3.85. The molecule has 2 heterocycles. The molecule has 2 N–H and O–H groups in total. The van der Waals surface area contributed by atoms with Crippen LogP contribution in [0.2, 0.25) is 0 Å². The Morgan fingerprint density at radius 3 is 2.52 bits per heavy atom. The van der Waals surface area contributed by atoms with Gasteiger partial charge in [-0.2, -0.15) is 0 Å². The number of likely N-dealkylation sites (tertiary alicyclic amines) is 1. The number of piperidine rings is 1. The maximum Gasteiger partial charge on any atom is 0.336 e. The molecule has 0 bridgehead atoms. The highest BCUT2D eigenvalue weighted by atomic mass is 32.2. The third-order valence-corrected chi connectivity index (χ3v) is 6.05. The molecule has 1 aromatic rings. The first-order chi connectivity index (χ1) is 9.90. The first kappa shape index (κ1) is 15.9. The first-order valence-electron chi connectivity index (χ1n) is 6.49. The molecule has 0 aromatic carbocycles. The molecule has 2 rings (SSSR count). The van der Waals surface area contributed by atoms with Crippen LogP contribution in [0.4, 0.5) is 0 Å². The summed E-state index contributed by atoms with van der Waals surface area (Å²) in [7, 11) is -3.85. The molecule has 1 amide bonds. The second-order valence-corrected chi connectivity index (χ2v) is 7.63. The van der Waals surface area contributed by atoms with E-state index < -0.39 is 16.0 Å². The maximum absolute atomic E-state index is 12.0. The van der Waals surface area contributed by atoms with Gasteiger partial charge in [0, 0.05) is 18.5 Å². The molecule has 0 aliphatic carbocycles. The van der Waals surface area contributed by atoms with E-state index in [0.29, 0.717) is 13.1 Å². The number of carboxylic acid groups (broad SMARTS) is 1. The number of aromatic carboxylic acids is 1. The third kappa shape index (κ3) is 4.02. The molecule has 21 heavy (non-hydrogen) atoms. The van der Waals surface area contributed by atoms with Gasteiger partial charge in [-0.3, -0.25) is 4.79 Å². The first-order valence-corrected chi connectivity index (χ1v) is 8.86. The van der Waals surface area contributed by atoms with E-state index in [1.54, 1.807) is 4.90 Å². The largest absolute Gasteiger partial charge is 0.478 e. The van der Waals surface area contributed by atoms with Gasteiger partial charge < -0.3 is 10.0 Å². The quantitative estimate of drug-likeness (QED) is 0.827. The highest BCUT2D eigenvalue weighted by Gasteiger charge is 2.22. The number of sulfonamides is 1. The van der Waals surface area contributed by atoms with E-state index in [-0.39, 0.29) is 22.2 Å². The van der Waals surface area contributed by atoms with Crippen molar-refractivity contribution in [1.82, 2.24) is 9.62 Å². The molecule has 0 saturated carbocycles. The molecule has 1 aliphatic rings. The number of nitrogens with zero attached hydrogens (tertiary/aromatic N) is 1. The van der Waals surface area contributed by atoms with Crippen molar-refractivity contribution in [3.63, 3.8) is 0 Å². The van der Waals surface area contributed by atoms with Gasteiger partial charge in [-0.05, 0) is 25.3 Å². The van der Waals surface area contributed by atoms with Crippen molar-refractivity contribution < 1.29 is 23.1 Å². The Labute approximate surface area is 126 Å². The smallest absolute Gasteiger partial charge is 0.336 e. The highest BCUT2D eigenvalue weighted by molar-refractivity contribution is 7.91. The topological polar surface area (TPSA) is 104 Å². The zero-order valence-corrected chi connectivity index (χ0v) is 12.9. The van der Waals surface area contributed by atoms with Gasteiger partial charge in [0.15, 0.2) is 0 Å². The van der Waals surface area contributed by atoms with Gasteiger partial charge in [0.1, 0.15) is 4.21 Å². The monoisotopic (exact) mass is 332 g/mol. The van der Waals surface area contributed by atoms with Gasteiger partial charge in [-0.1, -0.05) is 0 Å². The van der Waals surface area contributed by atoms with Crippen molar-refractivity contribution in [2.45, 2.75) is 23.5 Å². The number of amides is 1. The van der Waals surface area contributed by atoms with E-state index in [4.69, 9.17) is 5.11 Å². The van der Waals surface area contributed by atoms with E-state index >= 15 is 0 Å². The number of thiophene rings is 1. The van der Waals surface area contributed by atoms with Gasteiger partial charge in [0.2, 0.25) is 5.91 Å². The van der Waals surface area contributed by atoms with Crippen molar-refractivity contribution in [3.05, 3.63) is 17.0 Å². The molecule has 1 aromatic heterocycles. The van der Waals surface area contributed by atoms with Crippen LogP contribution in [0, 0.1) is 0 Å². The Bertz CT molecular complexity index is 632. The summed E-state index contributed by atoms with van der Waals surface area (Å²) in [6, 6.07) is 1.08. The Balaban J connectivity index is 1.97. The van der Waals surface area contributed by atoms with Crippen LogP contribution in [0.5, 0.6) is 0 Å². The second kappa shape index (κ2) is 6.54. The summed E-state index contributed by atoms with van der Waals surface area (Å²) in [5, 5.41) is 10.0. The standard InChI is InChI=1S/C12H16N2O5S2/c15-10(14-4-2-1-3-5-14)7-13-21(18,19)11-6-9(8-20-11)12(16)17/h6,8,13H,1-5,7H2,(H,16,17). The van der Waals surface area contributed by atoms with Crippen LogP contribution in [-0.2, 0) is 14.8 Å². The lowest BCUT2D eigenvalue weighted by molar-refractivity contribution is -0.130. The SMILES string of the molecule is O=C(O)c1csc(S(=O)(=O)NCC(=O)N2CCCCC2)c1. The minimum absolute atomic E-state index is 0.0808. The van der Waals surface area contributed by atoms with E-state index in [2.05, 4.69) is 4.72 Å². The van der Waals surface area contributed by atoms with Crippen LogP contribution in [0.3, 0.4) is 0 Å². The van der Waals surface area contributed by atoms with E-state index in [9.17, 15) is 18.0 Å². The summed E-state index contributed by atoms with van der Waals surface area (Å²) < 4.78 is 26.1. The molecular weight excluding hydrogens is 316 g/mol. The normalized spacial score (nSPS) is 15.9. The van der Waals surface area contributed by atoms with Crippen LogP contribution in [0.15, 0.2) is 15.7 Å². The van der Waals surface area contributed by atoms with Crippen molar-refractivity contribution in [2.75, 3.05) is 19.6 Å². The number of carbonyl (C=O) groups excluding carboxylic acids is 1. The molecule has 0 spiro atoms. The number of hydrogen-bond acceptors (Lipinski definition) is 5. The van der Waals surface area contributed by atoms with Crippen molar-refractivity contribution >= 4 is 33.2 Å². The number of carbonyl (C=O) groups is 2. The van der Waals surface area contributed by atoms with Crippen LogP contribution in [0.1, 0.15) is 29.6 Å².